The predicted octanol–water partition coefficient (Wildman–Crippen LogP) is 12.9. The highest BCUT2D eigenvalue weighted by Crippen LogP contribution is 2.69. The molecule has 16 fully saturated rings. The van der Waals surface area contributed by atoms with Gasteiger partial charge in [-0.2, -0.15) is 0 Å². The number of carbonyl (C=O) groups excluding carboxylic acids is 7. The quantitative estimate of drug-likeness (QED) is 0.0580. The lowest BCUT2D eigenvalue weighted by Crippen LogP contribution is -2.58. The first-order valence-electron chi connectivity index (χ1n) is 33.8. The van der Waals surface area contributed by atoms with E-state index < -0.39 is 5.41 Å². The van der Waals surface area contributed by atoms with Gasteiger partial charge in [-0.1, -0.05) is 54.9 Å². The molecule has 0 aliphatic heterocycles. The maximum Gasteiger partial charge on any atom is 0.344 e. The summed E-state index contributed by atoms with van der Waals surface area (Å²) < 4.78 is 39.9. The first-order chi connectivity index (χ1) is 39.5. The summed E-state index contributed by atoms with van der Waals surface area (Å²) in [5, 5.41) is 0. The molecular formula is C69H106O14. The lowest BCUT2D eigenvalue weighted by atomic mass is 9.50. The fourth-order valence-corrected chi connectivity index (χ4v) is 20.5. The normalized spacial score (nSPS) is 42.7. The molecule has 16 saturated carbocycles. The first-order valence-corrected chi connectivity index (χ1v) is 33.8. The van der Waals surface area contributed by atoms with Crippen LogP contribution in [0.1, 0.15) is 217 Å². The van der Waals surface area contributed by atoms with Crippen LogP contribution in [0.2, 0.25) is 0 Å². The van der Waals surface area contributed by atoms with Crippen molar-refractivity contribution < 1.29 is 66.7 Å². The minimum Gasteiger partial charge on any atom is -0.465 e. The van der Waals surface area contributed by atoms with Crippen molar-refractivity contribution in [2.45, 2.75) is 241 Å². The monoisotopic (exact) mass is 1160 g/mol. The molecule has 16 aliphatic rings. The smallest absolute Gasteiger partial charge is 0.344 e. The fourth-order valence-electron chi connectivity index (χ4n) is 20.5. The molecule has 16 rings (SSSR count). The van der Waals surface area contributed by atoms with Gasteiger partial charge in [0.2, 0.25) is 0 Å². The zero-order valence-corrected chi connectivity index (χ0v) is 52.7. The van der Waals surface area contributed by atoms with Gasteiger partial charge in [-0.15, -0.1) is 0 Å². The van der Waals surface area contributed by atoms with Crippen molar-refractivity contribution in [1.82, 2.24) is 0 Å². The number of esters is 6. The van der Waals surface area contributed by atoms with Crippen molar-refractivity contribution in [3.8, 4) is 0 Å². The third-order valence-electron chi connectivity index (χ3n) is 24.8. The predicted molar refractivity (Wildman–Crippen MR) is 310 cm³/mol. The van der Waals surface area contributed by atoms with E-state index in [4.69, 9.17) is 33.2 Å². The number of carbonyl (C=O) groups is 7. The van der Waals surface area contributed by atoms with Crippen LogP contribution in [0.4, 0.5) is 0 Å². The lowest BCUT2D eigenvalue weighted by Gasteiger charge is -2.59. The van der Waals surface area contributed by atoms with Crippen LogP contribution in [0.15, 0.2) is 0 Å². The molecule has 0 aromatic heterocycles. The van der Waals surface area contributed by atoms with Gasteiger partial charge in [-0.3, -0.25) is 28.8 Å². The van der Waals surface area contributed by atoms with Crippen molar-refractivity contribution in [2.24, 2.45) is 130 Å². The molecule has 0 spiro atoms. The van der Waals surface area contributed by atoms with Gasteiger partial charge in [-0.25, -0.2) is 4.79 Å². The Morgan fingerprint density at radius 3 is 1.67 bits per heavy atom. The summed E-state index contributed by atoms with van der Waals surface area (Å²) in [7, 11) is 0. The average molecular weight is 1160 g/mol. The lowest BCUT2D eigenvalue weighted by molar-refractivity contribution is -0.207. The van der Waals surface area contributed by atoms with Gasteiger partial charge in [0.25, 0.3) is 0 Å². The van der Waals surface area contributed by atoms with E-state index in [0.29, 0.717) is 76.8 Å². The Kier molecular flexibility index (Phi) is 19.0. The zero-order chi connectivity index (χ0) is 59.4. The van der Waals surface area contributed by atoms with Crippen molar-refractivity contribution in [3.63, 3.8) is 0 Å². The highest BCUT2D eigenvalue weighted by molar-refractivity contribution is 5.86. The molecule has 16 aliphatic carbocycles. The summed E-state index contributed by atoms with van der Waals surface area (Å²) in [4.78, 5) is 86.1. The third kappa shape index (κ3) is 12.6. The SMILES string of the molecule is CC(C)C(=O)OCC(=O)OC1(C)C2CC3CC(C2)CC1C3.CCC.CCC(C)(C)C(=O)OCCC(=O)OC1(C)C2CC3CC(C2)CC1C3.CCC(C)C(=O)OC1CC2CC1C1C3CC(CC3C(=O)OCOC3C4CC5CC(C4)C(=O)C3C5)C21. The summed E-state index contributed by atoms with van der Waals surface area (Å²) in [5.74, 6) is 8.90. The van der Waals surface area contributed by atoms with E-state index in [2.05, 4.69) is 27.7 Å². The van der Waals surface area contributed by atoms with Crippen LogP contribution >= 0.6 is 0 Å². The maximum atomic E-state index is 13.2. The highest BCUT2D eigenvalue weighted by atomic mass is 16.7. The molecule has 0 heterocycles. The Morgan fingerprint density at radius 2 is 1.12 bits per heavy atom. The van der Waals surface area contributed by atoms with E-state index in [1.165, 1.54) is 77.0 Å². The summed E-state index contributed by atoms with van der Waals surface area (Å²) in [5.41, 5.74) is -1.12. The van der Waals surface area contributed by atoms with E-state index in [9.17, 15) is 33.6 Å². The van der Waals surface area contributed by atoms with Gasteiger partial charge in [0.15, 0.2) is 13.4 Å². The molecule has 466 valence electrons. The number of Topliss-reactive ketones (excluding diaryl/α,β-unsaturated/α-hetero) is 1. The third-order valence-corrected chi connectivity index (χ3v) is 24.8. The van der Waals surface area contributed by atoms with Crippen molar-refractivity contribution in [3.05, 3.63) is 0 Å². The van der Waals surface area contributed by atoms with Crippen LogP contribution in [-0.4, -0.2) is 85.0 Å². The largest absolute Gasteiger partial charge is 0.465 e. The van der Waals surface area contributed by atoms with Gasteiger partial charge in [0.05, 0.1) is 35.7 Å². The number of hydrogen-bond acceptors (Lipinski definition) is 14. The topological polar surface area (TPSA) is 184 Å². The van der Waals surface area contributed by atoms with E-state index in [1.807, 2.05) is 34.6 Å². The number of ether oxygens (including phenoxy) is 7. The Balaban J connectivity index is 0.000000141. The molecule has 0 amide bonds. The minimum atomic E-state index is -0.489. The van der Waals surface area contributed by atoms with Crippen LogP contribution in [0.25, 0.3) is 0 Å². The number of hydrogen-bond donors (Lipinski definition) is 0. The number of ketones is 1. The second-order valence-corrected chi connectivity index (χ2v) is 30.8. The zero-order valence-electron chi connectivity index (χ0n) is 52.7. The molecule has 0 aromatic carbocycles. The molecule has 14 atom stereocenters. The molecule has 16 bridgehead atoms. The van der Waals surface area contributed by atoms with Crippen molar-refractivity contribution in [1.29, 1.82) is 0 Å². The van der Waals surface area contributed by atoms with Gasteiger partial charge in [0, 0.05) is 11.8 Å². The van der Waals surface area contributed by atoms with Gasteiger partial charge in [-0.05, 0) is 251 Å². The summed E-state index contributed by atoms with van der Waals surface area (Å²) >= 11 is 0. The van der Waals surface area contributed by atoms with Crippen molar-refractivity contribution in [2.75, 3.05) is 20.0 Å². The maximum absolute atomic E-state index is 13.2. The van der Waals surface area contributed by atoms with E-state index in [-0.39, 0.29) is 115 Å². The summed E-state index contributed by atoms with van der Waals surface area (Å²) in [6.07, 6.45) is 23.8. The molecular weight excluding hydrogens is 1050 g/mol. The van der Waals surface area contributed by atoms with Crippen molar-refractivity contribution >= 4 is 41.6 Å². The molecule has 83 heavy (non-hydrogen) atoms. The molecule has 14 unspecified atom stereocenters. The Bertz CT molecular complexity index is 2320. The Labute approximate surface area is 496 Å². The van der Waals surface area contributed by atoms with Crippen LogP contribution in [-0.2, 0) is 66.7 Å². The van der Waals surface area contributed by atoms with Crippen LogP contribution in [0.3, 0.4) is 0 Å². The number of rotatable bonds is 17. The fraction of sp³-hybridized carbons (Fsp3) is 0.899. The second-order valence-electron chi connectivity index (χ2n) is 30.8. The van der Waals surface area contributed by atoms with E-state index in [1.54, 1.807) is 13.8 Å². The molecule has 0 radical (unpaired) electrons. The Hall–Kier alpha value is -3.55. The number of fused-ring (bicyclic) bond motifs is 9. The average Bonchev–Trinajstić information content (AvgIpc) is 4.23. The Morgan fingerprint density at radius 1 is 0.578 bits per heavy atom. The standard InChI is InChI=1S/C29H40O6.C20H32O4.C17H26O4.C3H8/c1-3-13(2)28(31)35-23-11-16-10-21(23)25-19-8-15(24(16)25)9-20(19)29(32)34-12-33-27-18-5-14-4-17(7-18)26(30)22(27)6-14;1-5-19(2,3)18(22)23-7-6-17(21)24-20(4)15-9-13-8-14(11-15)12-16(20)10-13;1-10(2)16(19)20-9-15(18)21-17(3)13-5-11-4-12(7-13)8-14(17)6-11;1-3-2/h13-25,27H,3-12H2,1-2H3;13-16H,5-12H2,1-4H3;10-14H,4-9H2,1-3H3;3H2,1-2H3. The molecule has 0 aromatic rings. The molecule has 0 saturated heterocycles. The molecule has 14 heteroatoms. The second kappa shape index (κ2) is 25.3. The van der Waals surface area contributed by atoms with Gasteiger partial charge in [0.1, 0.15) is 29.7 Å². The van der Waals surface area contributed by atoms with Crippen LogP contribution in [0.5, 0.6) is 0 Å². The summed E-state index contributed by atoms with van der Waals surface area (Å²) in [6.45, 7) is 21.5. The summed E-state index contributed by atoms with van der Waals surface area (Å²) in [6, 6.07) is 0. The van der Waals surface area contributed by atoms with Gasteiger partial charge < -0.3 is 33.2 Å². The molecule has 14 nitrogen and oxygen atoms in total. The van der Waals surface area contributed by atoms with E-state index >= 15 is 0 Å². The van der Waals surface area contributed by atoms with Crippen LogP contribution < -0.4 is 0 Å². The minimum absolute atomic E-state index is 0.0116. The highest BCUT2D eigenvalue weighted by Gasteiger charge is 2.67. The van der Waals surface area contributed by atoms with Gasteiger partial charge >= 0.3 is 35.8 Å². The van der Waals surface area contributed by atoms with E-state index in [0.717, 1.165) is 81.5 Å². The molecule has 0 N–H and O–H groups in total. The first kappa shape index (κ1) is 62.5. The van der Waals surface area contributed by atoms with Crippen LogP contribution in [0, 0.1) is 130 Å².